The van der Waals surface area contributed by atoms with Crippen LogP contribution < -0.4 is 10.6 Å². The molecule has 0 unspecified atom stereocenters. The zero-order valence-corrected chi connectivity index (χ0v) is 18.7. The molecule has 8 heteroatoms. The van der Waals surface area contributed by atoms with Crippen LogP contribution in [0, 0.1) is 5.92 Å². The van der Waals surface area contributed by atoms with Crippen LogP contribution in [-0.4, -0.2) is 52.2 Å². The highest BCUT2D eigenvalue weighted by molar-refractivity contribution is 8.15. The number of aliphatic imine (C=N–C) groups is 1. The van der Waals surface area contributed by atoms with Gasteiger partial charge in [-0.05, 0) is 68.7 Å². The fourth-order valence-electron chi connectivity index (χ4n) is 4.31. The maximum atomic E-state index is 12.5. The average Bonchev–Trinajstić information content (AvgIpc) is 3.40. The number of hydrogen-bond acceptors (Lipinski definition) is 5. The predicted molar refractivity (Wildman–Crippen MR) is 123 cm³/mol. The summed E-state index contributed by atoms with van der Waals surface area (Å²) in [6, 6.07) is 7.15. The van der Waals surface area contributed by atoms with E-state index in [0.717, 1.165) is 62.7 Å². The first-order chi connectivity index (χ1) is 15.0. The summed E-state index contributed by atoms with van der Waals surface area (Å²) in [6.45, 7) is 4.11. The van der Waals surface area contributed by atoms with E-state index in [4.69, 9.17) is 0 Å². The van der Waals surface area contributed by atoms with E-state index in [9.17, 15) is 14.4 Å². The largest absolute Gasteiger partial charge is 0.351 e. The van der Waals surface area contributed by atoms with Crippen molar-refractivity contribution in [3.63, 3.8) is 0 Å². The summed E-state index contributed by atoms with van der Waals surface area (Å²) < 4.78 is 0. The molecule has 1 aromatic rings. The molecule has 3 amide bonds. The van der Waals surface area contributed by atoms with E-state index in [2.05, 4.69) is 27.4 Å². The number of rotatable bonds is 5. The minimum absolute atomic E-state index is 0.0722. The number of nitrogens with one attached hydrogen (secondary N) is 2. The molecule has 2 N–H and O–H groups in total. The SMILES string of the molecule is CC1CCC(NC(=O)c2ccc(NC(=O)C[C@H]3SC(N4CCCC4)=NC3=O)cc2)CC1. The number of nitrogens with zero attached hydrogens (tertiary/aromatic N) is 2. The number of amidine groups is 1. The van der Waals surface area contributed by atoms with Gasteiger partial charge < -0.3 is 15.5 Å². The lowest BCUT2D eigenvalue weighted by atomic mass is 9.87. The van der Waals surface area contributed by atoms with Gasteiger partial charge in [0.15, 0.2) is 5.17 Å². The lowest BCUT2D eigenvalue weighted by Gasteiger charge is -2.26. The van der Waals surface area contributed by atoms with E-state index < -0.39 is 5.25 Å². The molecule has 1 saturated carbocycles. The second kappa shape index (κ2) is 9.85. The Morgan fingerprint density at radius 2 is 1.77 bits per heavy atom. The van der Waals surface area contributed by atoms with Crippen LogP contribution in [0.2, 0.25) is 0 Å². The first-order valence-corrected chi connectivity index (χ1v) is 12.1. The summed E-state index contributed by atoms with van der Waals surface area (Å²) in [5.41, 5.74) is 1.20. The monoisotopic (exact) mass is 442 g/mol. The Morgan fingerprint density at radius 3 is 2.45 bits per heavy atom. The summed E-state index contributed by atoms with van der Waals surface area (Å²) in [4.78, 5) is 43.3. The van der Waals surface area contributed by atoms with Crippen molar-refractivity contribution in [2.45, 2.75) is 63.2 Å². The minimum atomic E-state index is -0.459. The van der Waals surface area contributed by atoms with Gasteiger partial charge in [-0.15, -0.1) is 0 Å². The number of carbonyl (C=O) groups is 3. The van der Waals surface area contributed by atoms with Crippen LogP contribution in [0.3, 0.4) is 0 Å². The smallest absolute Gasteiger partial charge is 0.262 e. The van der Waals surface area contributed by atoms with Gasteiger partial charge in [-0.3, -0.25) is 14.4 Å². The molecule has 1 saturated heterocycles. The van der Waals surface area contributed by atoms with Crippen molar-refractivity contribution in [3.8, 4) is 0 Å². The Bertz CT molecular complexity index is 856. The maximum Gasteiger partial charge on any atom is 0.262 e. The third-order valence-electron chi connectivity index (χ3n) is 6.26. The van der Waals surface area contributed by atoms with E-state index in [-0.39, 0.29) is 30.2 Å². The lowest BCUT2D eigenvalue weighted by Crippen LogP contribution is -2.37. The second-order valence-electron chi connectivity index (χ2n) is 8.79. The highest BCUT2D eigenvalue weighted by Crippen LogP contribution is 2.29. The number of thioether (sulfide) groups is 1. The fraction of sp³-hybridized carbons (Fsp3) is 0.565. The van der Waals surface area contributed by atoms with Crippen LogP contribution in [0.1, 0.15) is 62.2 Å². The molecular formula is C23H30N4O3S. The van der Waals surface area contributed by atoms with Gasteiger partial charge in [0.1, 0.15) is 5.25 Å². The van der Waals surface area contributed by atoms with E-state index in [0.29, 0.717) is 11.3 Å². The number of likely N-dealkylation sites (tertiary alicyclic amines) is 1. The molecule has 0 bridgehead atoms. The molecule has 1 aromatic carbocycles. The van der Waals surface area contributed by atoms with E-state index in [1.165, 1.54) is 11.8 Å². The van der Waals surface area contributed by atoms with E-state index >= 15 is 0 Å². The third-order valence-corrected chi connectivity index (χ3v) is 7.47. The Kier molecular flexibility index (Phi) is 6.95. The van der Waals surface area contributed by atoms with Crippen LogP contribution in [-0.2, 0) is 9.59 Å². The first-order valence-electron chi connectivity index (χ1n) is 11.2. The number of carbonyl (C=O) groups excluding carboxylic acids is 3. The highest BCUT2D eigenvalue weighted by atomic mass is 32.2. The Morgan fingerprint density at radius 1 is 1.10 bits per heavy atom. The average molecular weight is 443 g/mol. The fourth-order valence-corrected chi connectivity index (χ4v) is 5.43. The summed E-state index contributed by atoms with van der Waals surface area (Å²) in [6.07, 6.45) is 6.70. The molecular weight excluding hydrogens is 412 g/mol. The Labute approximate surface area is 187 Å². The normalized spacial score (nSPS) is 26.0. The van der Waals surface area contributed by atoms with Crippen LogP contribution >= 0.6 is 11.8 Å². The van der Waals surface area contributed by atoms with Crippen molar-refractivity contribution in [1.82, 2.24) is 10.2 Å². The third kappa shape index (κ3) is 5.67. The van der Waals surface area contributed by atoms with Gasteiger partial charge in [0, 0.05) is 36.8 Å². The molecule has 2 fully saturated rings. The molecule has 2 heterocycles. The predicted octanol–water partition coefficient (Wildman–Crippen LogP) is 3.42. The summed E-state index contributed by atoms with van der Waals surface area (Å²) in [5.74, 6) is 0.215. The molecule has 1 aliphatic carbocycles. The number of benzene rings is 1. The zero-order valence-electron chi connectivity index (χ0n) is 17.9. The quantitative estimate of drug-likeness (QED) is 0.729. The van der Waals surface area contributed by atoms with E-state index in [1.54, 1.807) is 24.3 Å². The molecule has 1 atom stereocenters. The number of hydrogen-bond donors (Lipinski definition) is 2. The number of amides is 3. The second-order valence-corrected chi connectivity index (χ2v) is 9.96. The van der Waals surface area contributed by atoms with Crippen molar-refractivity contribution < 1.29 is 14.4 Å². The van der Waals surface area contributed by atoms with Gasteiger partial charge >= 0.3 is 0 Å². The standard InChI is InChI=1S/C23H30N4O3S/c1-15-4-8-18(9-5-15)25-21(29)16-6-10-17(11-7-16)24-20(28)14-19-22(30)26-23(31-19)27-12-2-3-13-27/h6-7,10-11,15,18-19H,2-5,8-9,12-14H2,1H3,(H,24,28)(H,25,29)/t15?,18?,19-/m1/s1. The molecule has 3 aliphatic rings. The minimum Gasteiger partial charge on any atom is -0.351 e. The Hall–Kier alpha value is -2.35. The van der Waals surface area contributed by atoms with Gasteiger partial charge in [0.05, 0.1) is 0 Å². The van der Waals surface area contributed by atoms with Gasteiger partial charge in [-0.2, -0.15) is 4.99 Å². The van der Waals surface area contributed by atoms with Crippen LogP contribution in [0.25, 0.3) is 0 Å². The summed E-state index contributed by atoms with van der Waals surface area (Å²) in [7, 11) is 0. The zero-order chi connectivity index (χ0) is 21.8. The lowest BCUT2D eigenvalue weighted by molar-refractivity contribution is -0.121. The molecule has 31 heavy (non-hydrogen) atoms. The van der Waals surface area contributed by atoms with Crippen molar-refractivity contribution in [3.05, 3.63) is 29.8 Å². The maximum absolute atomic E-state index is 12.5. The Balaban J connectivity index is 1.24. The van der Waals surface area contributed by atoms with Gasteiger partial charge in [0.25, 0.3) is 11.8 Å². The topological polar surface area (TPSA) is 90.9 Å². The van der Waals surface area contributed by atoms with Crippen LogP contribution in [0.5, 0.6) is 0 Å². The van der Waals surface area contributed by atoms with Crippen LogP contribution in [0.4, 0.5) is 5.69 Å². The molecule has 4 rings (SSSR count). The summed E-state index contributed by atoms with van der Waals surface area (Å²) in [5, 5.41) is 6.23. The van der Waals surface area contributed by atoms with E-state index in [1.807, 2.05) is 0 Å². The molecule has 0 spiro atoms. The van der Waals surface area contributed by atoms with Crippen molar-refractivity contribution in [1.29, 1.82) is 0 Å². The van der Waals surface area contributed by atoms with Crippen LogP contribution in [0.15, 0.2) is 29.3 Å². The van der Waals surface area contributed by atoms with Crippen molar-refractivity contribution in [2.75, 3.05) is 18.4 Å². The molecule has 2 aliphatic heterocycles. The van der Waals surface area contributed by atoms with Gasteiger partial charge in [-0.25, -0.2) is 0 Å². The molecule has 0 radical (unpaired) electrons. The summed E-state index contributed by atoms with van der Waals surface area (Å²) >= 11 is 1.39. The first kappa shape index (κ1) is 21.9. The van der Waals surface area contributed by atoms with Crippen molar-refractivity contribution in [2.24, 2.45) is 10.9 Å². The van der Waals surface area contributed by atoms with Gasteiger partial charge in [-0.1, -0.05) is 18.7 Å². The number of anilines is 1. The molecule has 166 valence electrons. The highest BCUT2D eigenvalue weighted by Gasteiger charge is 2.33. The molecule has 7 nitrogen and oxygen atoms in total. The van der Waals surface area contributed by atoms with Crippen molar-refractivity contribution >= 4 is 40.3 Å². The van der Waals surface area contributed by atoms with Gasteiger partial charge in [0.2, 0.25) is 5.91 Å². The molecule has 0 aromatic heterocycles.